The summed E-state index contributed by atoms with van der Waals surface area (Å²) in [7, 11) is 0. The first kappa shape index (κ1) is 19.9. The van der Waals surface area contributed by atoms with Crippen molar-refractivity contribution in [2.75, 3.05) is 59.2 Å². The Kier molecular flexibility index (Phi) is 9.62. The highest BCUT2D eigenvalue weighted by atomic mass is 127. The van der Waals surface area contributed by atoms with Crippen LogP contribution in [0.3, 0.4) is 0 Å². The number of guanidine groups is 1. The smallest absolute Gasteiger partial charge is 0.191 e. The van der Waals surface area contributed by atoms with Crippen LogP contribution in [-0.4, -0.2) is 81.0 Å². The van der Waals surface area contributed by atoms with Gasteiger partial charge in [-0.3, -0.25) is 9.89 Å². The fourth-order valence-corrected chi connectivity index (χ4v) is 2.92. The molecule has 2 heterocycles. The van der Waals surface area contributed by atoms with Gasteiger partial charge in [0, 0.05) is 32.2 Å². The standard InChI is InChI=1S/C15H30N4O2.HI/c1-13(2)11-14(18-3-7-20-8-4-18)12-17-15(16)19-5-9-21-10-6-19;/h13-14H,3-12H2,1-2H3,(H2,16,17);1H. The molecule has 22 heavy (non-hydrogen) atoms. The van der Waals surface area contributed by atoms with Crippen LogP contribution in [0.1, 0.15) is 20.3 Å². The summed E-state index contributed by atoms with van der Waals surface area (Å²) < 4.78 is 10.8. The summed E-state index contributed by atoms with van der Waals surface area (Å²) in [6.07, 6.45) is 1.15. The lowest BCUT2D eigenvalue weighted by molar-refractivity contribution is 0.0142. The topological polar surface area (TPSA) is 63.3 Å². The summed E-state index contributed by atoms with van der Waals surface area (Å²) in [6, 6.07) is 0.466. The van der Waals surface area contributed by atoms with E-state index in [0.29, 0.717) is 17.9 Å². The summed E-state index contributed by atoms with van der Waals surface area (Å²) in [4.78, 5) is 9.28. The molecule has 1 atom stereocenters. The lowest BCUT2D eigenvalue weighted by Gasteiger charge is -2.35. The number of nitrogens with zero attached hydrogens (tertiary/aromatic N) is 3. The molecule has 2 aliphatic heterocycles. The predicted molar refractivity (Wildman–Crippen MR) is 99.9 cm³/mol. The summed E-state index contributed by atoms with van der Waals surface area (Å²) in [5.74, 6) is 1.33. The van der Waals surface area contributed by atoms with Crippen molar-refractivity contribution < 1.29 is 9.47 Å². The van der Waals surface area contributed by atoms with Gasteiger partial charge in [0.15, 0.2) is 5.96 Å². The van der Waals surface area contributed by atoms with Gasteiger partial charge < -0.3 is 20.1 Å². The van der Waals surface area contributed by atoms with Gasteiger partial charge in [0.2, 0.25) is 0 Å². The van der Waals surface area contributed by atoms with E-state index in [2.05, 4.69) is 28.6 Å². The van der Waals surface area contributed by atoms with Crippen molar-refractivity contribution in [3.8, 4) is 0 Å². The number of ether oxygens (including phenoxy) is 2. The lowest BCUT2D eigenvalue weighted by Crippen LogP contribution is -2.47. The molecular formula is C15H31IN4O2. The van der Waals surface area contributed by atoms with E-state index in [-0.39, 0.29) is 24.0 Å². The highest BCUT2D eigenvalue weighted by Crippen LogP contribution is 2.14. The highest BCUT2D eigenvalue weighted by molar-refractivity contribution is 14.0. The Morgan fingerprint density at radius 3 is 2.14 bits per heavy atom. The molecule has 0 aromatic rings. The Hall–Kier alpha value is -0.120. The van der Waals surface area contributed by atoms with Crippen molar-refractivity contribution >= 4 is 29.9 Å². The number of hydrogen-bond donors (Lipinski definition) is 1. The van der Waals surface area contributed by atoms with Gasteiger partial charge in [0.1, 0.15) is 0 Å². The summed E-state index contributed by atoms with van der Waals surface area (Å²) in [6.45, 7) is 12.2. The molecule has 0 amide bonds. The van der Waals surface area contributed by atoms with E-state index in [1.54, 1.807) is 0 Å². The molecular weight excluding hydrogens is 395 g/mol. The number of rotatable bonds is 5. The molecule has 0 spiro atoms. The molecule has 2 fully saturated rings. The Labute approximate surface area is 151 Å². The molecule has 0 aromatic heterocycles. The third-order valence-electron chi connectivity index (χ3n) is 4.10. The molecule has 0 aliphatic carbocycles. The molecule has 6 nitrogen and oxygen atoms in total. The number of hydrogen-bond acceptors (Lipinski definition) is 4. The van der Waals surface area contributed by atoms with Crippen LogP contribution >= 0.6 is 24.0 Å². The SMILES string of the molecule is CC(C)CC(CN=C(N)N1CCOCC1)N1CCOCC1.I. The first-order chi connectivity index (χ1) is 10.2. The fraction of sp³-hybridized carbons (Fsp3) is 0.933. The number of nitrogens with two attached hydrogens (primary N) is 1. The maximum Gasteiger partial charge on any atom is 0.191 e. The summed E-state index contributed by atoms with van der Waals surface area (Å²) in [5, 5.41) is 0. The van der Waals surface area contributed by atoms with Crippen LogP contribution in [0.2, 0.25) is 0 Å². The maximum atomic E-state index is 6.13. The van der Waals surface area contributed by atoms with Crippen LogP contribution in [0, 0.1) is 5.92 Å². The van der Waals surface area contributed by atoms with Crippen molar-refractivity contribution in [1.82, 2.24) is 9.80 Å². The molecule has 2 N–H and O–H groups in total. The average Bonchev–Trinajstić information content (AvgIpc) is 2.52. The molecule has 2 saturated heterocycles. The van der Waals surface area contributed by atoms with Gasteiger partial charge in [0.25, 0.3) is 0 Å². The Morgan fingerprint density at radius 2 is 1.59 bits per heavy atom. The van der Waals surface area contributed by atoms with E-state index in [1.807, 2.05) is 0 Å². The van der Waals surface area contributed by atoms with Crippen molar-refractivity contribution in [3.05, 3.63) is 0 Å². The minimum Gasteiger partial charge on any atom is -0.379 e. The second-order valence-corrected chi connectivity index (χ2v) is 6.23. The fourth-order valence-electron chi connectivity index (χ4n) is 2.92. The van der Waals surface area contributed by atoms with E-state index < -0.39 is 0 Å². The predicted octanol–water partition coefficient (Wildman–Crippen LogP) is 0.998. The highest BCUT2D eigenvalue weighted by Gasteiger charge is 2.22. The molecule has 2 aliphatic rings. The van der Waals surface area contributed by atoms with Gasteiger partial charge in [-0.25, -0.2) is 0 Å². The zero-order chi connectivity index (χ0) is 15.1. The van der Waals surface area contributed by atoms with E-state index in [4.69, 9.17) is 15.2 Å². The zero-order valence-electron chi connectivity index (χ0n) is 13.9. The van der Waals surface area contributed by atoms with Crippen LogP contribution in [0.4, 0.5) is 0 Å². The molecule has 130 valence electrons. The quantitative estimate of drug-likeness (QED) is 0.404. The van der Waals surface area contributed by atoms with Gasteiger partial charge in [0.05, 0.1) is 33.0 Å². The molecule has 0 aromatic carbocycles. The lowest BCUT2D eigenvalue weighted by atomic mass is 10.0. The molecule has 1 unspecified atom stereocenters. The van der Waals surface area contributed by atoms with Crippen LogP contribution in [0.25, 0.3) is 0 Å². The van der Waals surface area contributed by atoms with Crippen molar-refractivity contribution in [2.24, 2.45) is 16.6 Å². The van der Waals surface area contributed by atoms with Crippen LogP contribution in [-0.2, 0) is 9.47 Å². The zero-order valence-corrected chi connectivity index (χ0v) is 16.2. The van der Waals surface area contributed by atoms with E-state index in [9.17, 15) is 0 Å². The van der Waals surface area contributed by atoms with Crippen LogP contribution in [0.5, 0.6) is 0 Å². The summed E-state index contributed by atoms with van der Waals surface area (Å²) >= 11 is 0. The van der Waals surface area contributed by atoms with Gasteiger partial charge in [-0.15, -0.1) is 24.0 Å². The van der Waals surface area contributed by atoms with Crippen molar-refractivity contribution in [3.63, 3.8) is 0 Å². The van der Waals surface area contributed by atoms with E-state index >= 15 is 0 Å². The van der Waals surface area contributed by atoms with Gasteiger partial charge in [-0.2, -0.15) is 0 Å². The third kappa shape index (κ3) is 6.55. The molecule has 0 saturated carbocycles. The van der Waals surface area contributed by atoms with Gasteiger partial charge in [-0.1, -0.05) is 13.8 Å². The number of halogens is 1. The van der Waals surface area contributed by atoms with Crippen LogP contribution < -0.4 is 5.73 Å². The van der Waals surface area contributed by atoms with Crippen molar-refractivity contribution in [1.29, 1.82) is 0 Å². The first-order valence-electron chi connectivity index (χ1n) is 8.11. The first-order valence-corrected chi connectivity index (χ1v) is 8.11. The van der Waals surface area contributed by atoms with Crippen LogP contribution in [0.15, 0.2) is 4.99 Å². The largest absolute Gasteiger partial charge is 0.379 e. The second-order valence-electron chi connectivity index (χ2n) is 6.23. The Bertz CT molecular complexity index is 330. The van der Waals surface area contributed by atoms with E-state index in [0.717, 1.165) is 65.6 Å². The molecule has 0 bridgehead atoms. The van der Waals surface area contributed by atoms with Gasteiger partial charge in [-0.05, 0) is 12.3 Å². The number of morpholine rings is 2. The molecule has 7 heteroatoms. The minimum absolute atomic E-state index is 0. The van der Waals surface area contributed by atoms with E-state index in [1.165, 1.54) is 0 Å². The monoisotopic (exact) mass is 426 g/mol. The summed E-state index contributed by atoms with van der Waals surface area (Å²) in [5.41, 5.74) is 6.13. The molecule has 0 radical (unpaired) electrons. The molecule has 2 rings (SSSR count). The third-order valence-corrected chi connectivity index (χ3v) is 4.10. The van der Waals surface area contributed by atoms with Gasteiger partial charge >= 0.3 is 0 Å². The normalized spacial score (nSPS) is 22.5. The number of aliphatic imine (C=N–C) groups is 1. The Morgan fingerprint density at radius 1 is 1.05 bits per heavy atom. The maximum absolute atomic E-state index is 6.13. The second kappa shape index (κ2) is 10.6. The van der Waals surface area contributed by atoms with Crippen molar-refractivity contribution in [2.45, 2.75) is 26.3 Å². The Balaban J connectivity index is 0.00000242. The average molecular weight is 426 g/mol. The minimum atomic E-state index is 0.